The minimum atomic E-state index is -2.98. The van der Waals surface area contributed by atoms with Crippen LogP contribution >= 0.6 is 0 Å². The predicted octanol–water partition coefficient (Wildman–Crippen LogP) is 1.76. The van der Waals surface area contributed by atoms with Crippen LogP contribution in [-0.2, 0) is 14.6 Å². The fraction of sp³-hybridized carbons (Fsp3) is 0.524. The monoisotopic (exact) mass is 449 g/mol. The second-order valence-corrected chi connectivity index (χ2v) is 10.5. The number of carbonyl (C=O) groups excluding carboxylic acids is 1. The highest BCUT2D eigenvalue weighted by Crippen LogP contribution is 2.31. The van der Waals surface area contributed by atoms with Gasteiger partial charge in [-0.3, -0.25) is 14.4 Å². The average molecular weight is 450 g/mol. The van der Waals surface area contributed by atoms with Gasteiger partial charge >= 0.3 is 0 Å². The number of amides is 1. The zero-order valence-electron chi connectivity index (χ0n) is 17.8. The number of nitrogens with zero attached hydrogens (tertiary/aromatic N) is 4. The van der Waals surface area contributed by atoms with Crippen molar-refractivity contribution in [3.63, 3.8) is 0 Å². The highest BCUT2D eigenvalue weighted by molar-refractivity contribution is 7.91. The maximum absolute atomic E-state index is 13.7. The predicted molar refractivity (Wildman–Crippen MR) is 118 cm³/mol. The van der Waals surface area contributed by atoms with Crippen molar-refractivity contribution in [1.82, 2.24) is 14.7 Å². The quantitative estimate of drug-likeness (QED) is 0.749. The first kappa shape index (κ1) is 21.8. The number of sulfone groups is 1. The van der Waals surface area contributed by atoms with Gasteiger partial charge in [-0.05, 0) is 32.4 Å². The molecule has 3 heterocycles. The first-order valence-corrected chi connectivity index (χ1v) is 12.3. The smallest absolute Gasteiger partial charge is 0.238 e. The highest BCUT2D eigenvalue weighted by atomic mass is 32.2. The van der Waals surface area contributed by atoms with Crippen LogP contribution in [0, 0.1) is 19.7 Å². The maximum atomic E-state index is 13.7. The van der Waals surface area contributed by atoms with Crippen LogP contribution in [0.25, 0.3) is 0 Å². The van der Waals surface area contributed by atoms with Crippen LogP contribution in [0.5, 0.6) is 0 Å². The largest absolute Gasteiger partial charge is 0.366 e. The molecule has 4 rings (SSSR count). The van der Waals surface area contributed by atoms with Crippen LogP contribution in [-0.4, -0.2) is 73.2 Å². The van der Waals surface area contributed by atoms with Crippen molar-refractivity contribution in [2.75, 3.05) is 54.4 Å². The van der Waals surface area contributed by atoms with Crippen molar-refractivity contribution >= 4 is 27.1 Å². The molecule has 2 aliphatic heterocycles. The molecule has 0 spiro atoms. The van der Waals surface area contributed by atoms with Gasteiger partial charge in [0, 0.05) is 26.2 Å². The van der Waals surface area contributed by atoms with Crippen molar-refractivity contribution in [1.29, 1.82) is 0 Å². The third-order valence-corrected chi connectivity index (χ3v) is 7.80. The van der Waals surface area contributed by atoms with E-state index in [1.54, 1.807) is 18.2 Å². The van der Waals surface area contributed by atoms with E-state index in [1.165, 1.54) is 6.07 Å². The van der Waals surface area contributed by atoms with E-state index in [0.717, 1.165) is 30.2 Å². The summed E-state index contributed by atoms with van der Waals surface area (Å²) in [6.45, 7) is 7.04. The van der Waals surface area contributed by atoms with Gasteiger partial charge in [0.15, 0.2) is 9.84 Å². The molecule has 1 amide bonds. The Morgan fingerprint density at radius 1 is 1.19 bits per heavy atom. The Bertz CT molecular complexity index is 1080. The third kappa shape index (κ3) is 4.74. The van der Waals surface area contributed by atoms with Gasteiger partial charge in [-0.25, -0.2) is 12.8 Å². The third-order valence-electron chi connectivity index (χ3n) is 6.04. The summed E-state index contributed by atoms with van der Waals surface area (Å²) in [5.41, 5.74) is 3.14. The summed E-state index contributed by atoms with van der Waals surface area (Å²) in [7, 11) is -2.98. The number of nitrogens with one attached hydrogen (secondary N) is 1. The van der Waals surface area contributed by atoms with E-state index in [4.69, 9.17) is 0 Å². The number of para-hydroxylation sites is 1. The summed E-state index contributed by atoms with van der Waals surface area (Å²) in [5, 5.41) is 7.28. The molecule has 1 atom stereocenters. The Hall–Kier alpha value is -2.46. The number of piperazine rings is 1. The SMILES string of the molecule is Cc1nn([C@@H]2CCS(=O)(=O)C2)c(C)c1N1CCN(CC(=O)Nc2ccccc2F)CC1. The van der Waals surface area contributed by atoms with E-state index >= 15 is 0 Å². The molecule has 2 fully saturated rings. The summed E-state index contributed by atoms with van der Waals surface area (Å²) in [6, 6.07) is 6.04. The van der Waals surface area contributed by atoms with E-state index in [-0.39, 0.29) is 35.7 Å². The summed E-state index contributed by atoms with van der Waals surface area (Å²) in [5.74, 6) is -0.307. The molecule has 0 bridgehead atoms. The minimum Gasteiger partial charge on any atom is -0.366 e. The van der Waals surface area contributed by atoms with E-state index < -0.39 is 15.7 Å². The van der Waals surface area contributed by atoms with Gasteiger partial charge in [0.1, 0.15) is 5.82 Å². The summed E-state index contributed by atoms with van der Waals surface area (Å²) >= 11 is 0. The highest BCUT2D eigenvalue weighted by Gasteiger charge is 2.32. The van der Waals surface area contributed by atoms with E-state index in [2.05, 4.69) is 15.3 Å². The van der Waals surface area contributed by atoms with Crippen LogP contribution in [0.1, 0.15) is 23.9 Å². The molecule has 0 saturated carbocycles. The van der Waals surface area contributed by atoms with Crippen molar-refractivity contribution in [3.8, 4) is 0 Å². The fourth-order valence-electron chi connectivity index (χ4n) is 4.52. The van der Waals surface area contributed by atoms with Crippen LogP contribution in [0.4, 0.5) is 15.8 Å². The van der Waals surface area contributed by atoms with Gasteiger partial charge < -0.3 is 10.2 Å². The second kappa shape index (κ2) is 8.58. The molecule has 8 nitrogen and oxygen atoms in total. The molecule has 2 aromatic rings. The topological polar surface area (TPSA) is 87.5 Å². The van der Waals surface area contributed by atoms with Gasteiger partial charge in [-0.2, -0.15) is 5.10 Å². The van der Waals surface area contributed by atoms with Gasteiger partial charge in [-0.1, -0.05) is 12.1 Å². The average Bonchev–Trinajstić information content (AvgIpc) is 3.22. The number of aryl methyl sites for hydroxylation is 1. The van der Waals surface area contributed by atoms with E-state index in [9.17, 15) is 17.6 Å². The molecule has 2 aliphatic rings. The Labute approximate surface area is 181 Å². The second-order valence-electron chi connectivity index (χ2n) is 8.31. The molecule has 10 heteroatoms. The Kier molecular flexibility index (Phi) is 6.02. The number of hydrogen-bond acceptors (Lipinski definition) is 6. The lowest BCUT2D eigenvalue weighted by Gasteiger charge is -2.36. The van der Waals surface area contributed by atoms with Crippen molar-refractivity contribution in [3.05, 3.63) is 41.5 Å². The Morgan fingerprint density at radius 2 is 1.90 bits per heavy atom. The Morgan fingerprint density at radius 3 is 2.55 bits per heavy atom. The van der Waals surface area contributed by atoms with Gasteiger partial charge in [0.25, 0.3) is 0 Å². The fourth-order valence-corrected chi connectivity index (χ4v) is 6.21. The van der Waals surface area contributed by atoms with Crippen molar-refractivity contribution in [2.45, 2.75) is 26.3 Å². The number of aromatic nitrogens is 2. The van der Waals surface area contributed by atoms with Gasteiger partial charge in [0.05, 0.1) is 46.9 Å². The number of hydrogen-bond donors (Lipinski definition) is 1. The first-order chi connectivity index (χ1) is 14.7. The van der Waals surface area contributed by atoms with Crippen molar-refractivity contribution in [2.24, 2.45) is 0 Å². The first-order valence-electron chi connectivity index (χ1n) is 10.5. The molecule has 0 unspecified atom stereocenters. The number of anilines is 2. The van der Waals surface area contributed by atoms with E-state index in [0.29, 0.717) is 19.5 Å². The molecular weight excluding hydrogens is 421 g/mol. The zero-order chi connectivity index (χ0) is 22.2. The summed E-state index contributed by atoms with van der Waals surface area (Å²) < 4.78 is 39.3. The van der Waals surface area contributed by atoms with Crippen LogP contribution < -0.4 is 10.2 Å². The molecule has 1 N–H and O–H groups in total. The molecule has 31 heavy (non-hydrogen) atoms. The number of rotatable bonds is 5. The minimum absolute atomic E-state index is 0.0965. The lowest BCUT2D eigenvalue weighted by atomic mass is 10.2. The number of carbonyl (C=O) groups is 1. The molecular formula is C21H28FN5O3S. The van der Waals surface area contributed by atoms with Gasteiger partial charge in [-0.15, -0.1) is 0 Å². The lowest BCUT2D eigenvalue weighted by molar-refractivity contribution is -0.117. The lowest BCUT2D eigenvalue weighted by Crippen LogP contribution is -2.49. The molecule has 1 aromatic heterocycles. The van der Waals surface area contributed by atoms with Crippen LogP contribution in [0.3, 0.4) is 0 Å². The van der Waals surface area contributed by atoms with E-state index in [1.807, 2.05) is 23.4 Å². The molecule has 168 valence electrons. The van der Waals surface area contributed by atoms with Crippen LogP contribution in [0.15, 0.2) is 24.3 Å². The summed E-state index contributed by atoms with van der Waals surface area (Å²) in [6.07, 6.45) is 0.606. The summed E-state index contributed by atoms with van der Waals surface area (Å²) in [4.78, 5) is 16.6. The molecule has 0 radical (unpaired) electrons. The van der Waals surface area contributed by atoms with Crippen LogP contribution in [0.2, 0.25) is 0 Å². The maximum Gasteiger partial charge on any atom is 0.238 e. The zero-order valence-corrected chi connectivity index (χ0v) is 18.7. The standard InChI is InChI=1S/C21H28FN5O3S/c1-15-21(16(2)27(24-15)17-7-12-31(29,30)14-17)26-10-8-25(9-11-26)13-20(28)23-19-6-4-3-5-18(19)22/h3-6,17H,7-14H2,1-2H3,(H,23,28)/t17-/m1/s1. The molecule has 1 aromatic carbocycles. The van der Waals surface area contributed by atoms with Crippen molar-refractivity contribution < 1.29 is 17.6 Å². The molecule has 0 aliphatic carbocycles. The number of benzene rings is 1. The van der Waals surface area contributed by atoms with Gasteiger partial charge in [0.2, 0.25) is 5.91 Å². The molecule has 2 saturated heterocycles. The number of halogens is 1. The Balaban J connectivity index is 1.36. The normalized spacial score (nSPS) is 21.4.